The van der Waals surface area contributed by atoms with Crippen LogP contribution >= 0.6 is 0 Å². The molecule has 0 spiro atoms. The SMILES string of the molecule is C=C(/C=C(C)/C(=C(\C)c1cc(OC)c(OC)c(OS(=O)(=O)C(F)(F)F)c1)[N+](=O)[O-])OC. The maximum Gasteiger partial charge on any atom is 0.534 e. The summed E-state index contributed by atoms with van der Waals surface area (Å²) in [5.74, 6) is -1.40. The number of halogens is 3. The zero-order chi connectivity index (χ0) is 24.1. The van der Waals surface area contributed by atoms with E-state index in [-0.39, 0.29) is 28.2 Å². The largest absolute Gasteiger partial charge is 0.534 e. The number of hydrogen-bond donors (Lipinski definition) is 0. The van der Waals surface area contributed by atoms with Gasteiger partial charge in [-0.05, 0) is 37.6 Å². The van der Waals surface area contributed by atoms with Crippen molar-refractivity contribution in [3.05, 3.63) is 57.5 Å². The standard InChI is InChI=1S/C18H20F3NO8S/c1-10(7-11(2)27-4)16(22(23)24)12(3)13-8-14(28-5)17(29-6)15(9-13)30-31(25,26)18(19,20)21/h7-9H,2H2,1,3-6H3/b10-7+,16-12-. The Morgan fingerprint density at radius 1 is 1.13 bits per heavy atom. The first-order chi connectivity index (χ1) is 14.2. The van der Waals surface area contributed by atoms with Gasteiger partial charge in [-0.15, -0.1) is 0 Å². The third-order valence-corrected chi connectivity index (χ3v) is 4.88. The summed E-state index contributed by atoms with van der Waals surface area (Å²) in [4.78, 5) is 10.9. The van der Waals surface area contributed by atoms with Gasteiger partial charge in [0.2, 0.25) is 5.75 Å². The van der Waals surface area contributed by atoms with E-state index in [4.69, 9.17) is 14.2 Å². The van der Waals surface area contributed by atoms with Gasteiger partial charge in [0.25, 0.3) is 5.70 Å². The Morgan fingerprint density at radius 2 is 1.68 bits per heavy atom. The number of allylic oxidation sites excluding steroid dienone is 3. The lowest BCUT2D eigenvalue weighted by molar-refractivity contribution is -0.419. The van der Waals surface area contributed by atoms with Gasteiger partial charge in [-0.1, -0.05) is 6.58 Å². The van der Waals surface area contributed by atoms with Crippen molar-refractivity contribution < 1.29 is 44.9 Å². The van der Waals surface area contributed by atoms with Crippen LogP contribution in [0.1, 0.15) is 19.4 Å². The minimum atomic E-state index is -6.05. The molecule has 0 saturated heterocycles. The Bertz CT molecular complexity index is 1040. The van der Waals surface area contributed by atoms with Crippen molar-refractivity contribution in [2.75, 3.05) is 21.3 Å². The van der Waals surface area contributed by atoms with Crippen LogP contribution in [0.2, 0.25) is 0 Å². The van der Waals surface area contributed by atoms with Gasteiger partial charge in [-0.25, -0.2) is 0 Å². The lowest BCUT2D eigenvalue weighted by Crippen LogP contribution is -2.28. The summed E-state index contributed by atoms with van der Waals surface area (Å²) in [5.41, 5.74) is -6.09. The van der Waals surface area contributed by atoms with Gasteiger partial charge in [-0.3, -0.25) is 10.1 Å². The summed E-state index contributed by atoms with van der Waals surface area (Å²) < 4.78 is 80.3. The lowest BCUT2D eigenvalue weighted by atomic mass is 10.0. The summed E-state index contributed by atoms with van der Waals surface area (Å²) in [5, 5.41) is 11.7. The van der Waals surface area contributed by atoms with Gasteiger partial charge in [0.15, 0.2) is 11.5 Å². The van der Waals surface area contributed by atoms with E-state index < -0.39 is 37.7 Å². The Hall–Kier alpha value is -3.22. The lowest BCUT2D eigenvalue weighted by Gasteiger charge is -2.16. The van der Waals surface area contributed by atoms with Crippen molar-refractivity contribution >= 4 is 15.7 Å². The van der Waals surface area contributed by atoms with Gasteiger partial charge in [0.05, 0.1) is 26.3 Å². The van der Waals surface area contributed by atoms with Crippen LogP contribution < -0.4 is 13.7 Å². The van der Waals surface area contributed by atoms with Gasteiger partial charge in [0.1, 0.15) is 5.76 Å². The van der Waals surface area contributed by atoms with E-state index in [1.807, 2.05) is 0 Å². The van der Waals surface area contributed by atoms with Crippen LogP contribution in [0, 0.1) is 10.1 Å². The van der Waals surface area contributed by atoms with Crippen LogP contribution in [-0.2, 0) is 14.9 Å². The molecular formula is C18H20F3NO8S. The second-order valence-electron chi connectivity index (χ2n) is 5.92. The fourth-order valence-electron chi connectivity index (χ4n) is 2.46. The molecule has 0 saturated carbocycles. The number of alkyl halides is 3. The highest BCUT2D eigenvalue weighted by atomic mass is 32.2. The van der Waals surface area contributed by atoms with Crippen LogP contribution in [0.5, 0.6) is 17.2 Å². The van der Waals surface area contributed by atoms with Gasteiger partial charge in [-0.2, -0.15) is 21.6 Å². The number of hydrogen-bond acceptors (Lipinski definition) is 8. The molecule has 0 bridgehead atoms. The van der Waals surface area contributed by atoms with Crippen molar-refractivity contribution in [2.45, 2.75) is 19.4 Å². The molecule has 1 rings (SSSR count). The van der Waals surface area contributed by atoms with Crippen LogP contribution in [0.4, 0.5) is 13.2 Å². The fourth-order valence-corrected chi connectivity index (χ4v) is 2.91. The van der Waals surface area contributed by atoms with E-state index in [1.54, 1.807) is 0 Å². The van der Waals surface area contributed by atoms with Crippen LogP contribution in [0.25, 0.3) is 5.57 Å². The number of rotatable bonds is 9. The zero-order valence-electron chi connectivity index (χ0n) is 17.2. The average molecular weight is 467 g/mol. The summed E-state index contributed by atoms with van der Waals surface area (Å²) >= 11 is 0. The molecule has 0 radical (unpaired) electrons. The molecule has 0 fully saturated rings. The summed E-state index contributed by atoms with van der Waals surface area (Å²) in [7, 11) is -2.54. The van der Waals surface area contributed by atoms with Gasteiger partial charge in [0, 0.05) is 11.1 Å². The summed E-state index contributed by atoms with van der Waals surface area (Å²) in [6, 6.07) is 2.09. The minimum Gasteiger partial charge on any atom is -0.497 e. The second-order valence-corrected chi connectivity index (χ2v) is 7.46. The normalized spacial score (nSPS) is 13.2. The monoisotopic (exact) mass is 467 g/mol. The average Bonchev–Trinajstić information content (AvgIpc) is 2.65. The first kappa shape index (κ1) is 25.8. The van der Waals surface area contributed by atoms with Crippen molar-refractivity contribution in [1.29, 1.82) is 0 Å². The molecule has 31 heavy (non-hydrogen) atoms. The number of methoxy groups -OCH3 is 3. The van der Waals surface area contributed by atoms with E-state index in [1.165, 1.54) is 33.1 Å². The van der Waals surface area contributed by atoms with Crippen molar-refractivity contribution in [3.63, 3.8) is 0 Å². The molecule has 0 aliphatic heterocycles. The highest BCUT2D eigenvalue weighted by Gasteiger charge is 2.49. The molecule has 0 atom stereocenters. The van der Waals surface area contributed by atoms with Gasteiger partial charge >= 0.3 is 15.6 Å². The number of ether oxygens (including phenoxy) is 3. The van der Waals surface area contributed by atoms with E-state index >= 15 is 0 Å². The summed E-state index contributed by atoms with van der Waals surface area (Å²) in [6.07, 6.45) is 1.29. The Balaban J connectivity index is 3.83. The maximum atomic E-state index is 12.8. The highest BCUT2D eigenvalue weighted by Crippen LogP contribution is 2.43. The van der Waals surface area contributed by atoms with Crippen molar-refractivity contribution in [1.82, 2.24) is 0 Å². The smallest absolute Gasteiger partial charge is 0.497 e. The van der Waals surface area contributed by atoms with Crippen molar-refractivity contribution in [3.8, 4) is 17.2 Å². The topological polar surface area (TPSA) is 114 Å². The Kier molecular flexibility index (Phi) is 8.10. The van der Waals surface area contributed by atoms with Crippen LogP contribution in [0.15, 0.2) is 41.8 Å². The van der Waals surface area contributed by atoms with Crippen LogP contribution in [-0.4, -0.2) is 40.2 Å². The first-order valence-corrected chi connectivity index (χ1v) is 9.64. The molecular weight excluding hydrogens is 447 g/mol. The molecule has 9 nitrogen and oxygen atoms in total. The molecule has 0 unspecified atom stereocenters. The van der Waals surface area contributed by atoms with Gasteiger partial charge < -0.3 is 18.4 Å². The van der Waals surface area contributed by atoms with Crippen molar-refractivity contribution in [2.24, 2.45) is 0 Å². The van der Waals surface area contributed by atoms with Crippen LogP contribution in [0.3, 0.4) is 0 Å². The first-order valence-electron chi connectivity index (χ1n) is 8.24. The van der Waals surface area contributed by atoms with E-state index in [2.05, 4.69) is 10.8 Å². The third kappa shape index (κ3) is 5.90. The molecule has 0 N–H and O–H groups in total. The molecule has 0 aromatic heterocycles. The minimum absolute atomic E-state index is 0.0298. The van der Waals surface area contributed by atoms with E-state index in [0.29, 0.717) is 0 Å². The third-order valence-electron chi connectivity index (χ3n) is 3.91. The Labute approximate surface area is 176 Å². The number of nitro groups is 1. The molecule has 0 aliphatic carbocycles. The molecule has 1 aromatic carbocycles. The van der Waals surface area contributed by atoms with E-state index in [9.17, 15) is 31.7 Å². The molecule has 13 heteroatoms. The fraction of sp³-hybridized carbons (Fsp3) is 0.333. The quantitative estimate of drug-likeness (QED) is 0.133. The Morgan fingerprint density at radius 3 is 2.10 bits per heavy atom. The second kappa shape index (κ2) is 9.73. The molecule has 1 aromatic rings. The number of nitrogens with zero attached hydrogens (tertiary/aromatic N) is 1. The zero-order valence-corrected chi connectivity index (χ0v) is 18.0. The summed E-state index contributed by atoms with van der Waals surface area (Å²) in [6.45, 7) is 6.26. The molecule has 0 heterocycles. The number of benzene rings is 1. The highest BCUT2D eigenvalue weighted by molar-refractivity contribution is 7.88. The molecule has 172 valence electrons. The predicted molar refractivity (Wildman–Crippen MR) is 105 cm³/mol. The predicted octanol–water partition coefficient (Wildman–Crippen LogP) is 4.05. The molecule has 0 amide bonds. The molecule has 0 aliphatic rings. The maximum absolute atomic E-state index is 12.8. The van der Waals surface area contributed by atoms with E-state index in [0.717, 1.165) is 20.3 Å².